The third-order valence-corrected chi connectivity index (χ3v) is 6.80. The van der Waals surface area contributed by atoms with E-state index in [2.05, 4.69) is 15.5 Å². The first-order chi connectivity index (χ1) is 16.6. The van der Waals surface area contributed by atoms with Crippen LogP contribution in [-0.4, -0.2) is 31.6 Å². The molecule has 0 bridgehead atoms. The first kappa shape index (κ1) is 24.0. The van der Waals surface area contributed by atoms with Gasteiger partial charge >= 0.3 is 12.2 Å². The number of amides is 1. The lowest BCUT2D eigenvalue weighted by Crippen LogP contribution is -2.26. The number of halogens is 3. The van der Waals surface area contributed by atoms with Crippen LogP contribution in [0.2, 0.25) is 0 Å². The number of hydrogen-bond acceptors (Lipinski definition) is 6. The topological polar surface area (TPSA) is 105 Å². The van der Waals surface area contributed by atoms with E-state index in [1.54, 1.807) is 30.3 Å². The van der Waals surface area contributed by atoms with Crippen molar-refractivity contribution in [2.24, 2.45) is 0 Å². The zero-order valence-corrected chi connectivity index (χ0v) is 18.8. The van der Waals surface area contributed by atoms with Crippen LogP contribution >= 0.6 is 0 Å². The summed E-state index contributed by atoms with van der Waals surface area (Å²) in [4.78, 5) is 12.5. The van der Waals surface area contributed by atoms with Gasteiger partial charge in [-0.05, 0) is 60.7 Å². The number of benzene rings is 3. The zero-order valence-electron chi connectivity index (χ0n) is 18.0. The molecule has 0 atom stereocenters. The molecular weight excluding hydrogens is 485 g/mol. The van der Waals surface area contributed by atoms with E-state index in [1.165, 1.54) is 43.4 Å². The SMILES string of the molecule is CN(c1ccccc1)S(=O)(=O)c1ccc(C(=O)Nc2nnc(-c3ccc(C(F)(F)F)cc3)o2)cc1. The molecule has 0 spiro atoms. The normalized spacial score (nSPS) is 11.8. The fourth-order valence-electron chi connectivity index (χ4n) is 3.07. The Morgan fingerprint density at radius 1 is 0.914 bits per heavy atom. The molecule has 0 unspecified atom stereocenters. The second-order valence-electron chi connectivity index (χ2n) is 7.27. The Bertz CT molecular complexity index is 1440. The van der Waals surface area contributed by atoms with Gasteiger partial charge in [-0.15, -0.1) is 5.10 Å². The molecule has 0 radical (unpaired) electrons. The molecule has 3 aromatic carbocycles. The molecule has 0 fully saturated rings. The summed E-state index contributed by atoms with van der Waals surface area (Å²) in [6.45, 7) is 0. The van der Waals surface area contributed by atoms with Crippen LogP contribution in [0.4, 0.5) is 24.9 Å². The minimum absolute atomic E-state index is 0.0113. The molecule has 12 heteroatoms. The van der Waals surface area contributed by atoms with Gasteiger partial charge in [0.05, 0.1) is 16.1 Å². The Balaban J connectivity index is 1.45. The molecule has 4 rings (SSSR count). The number of sulfonamides is 1. The number of aromatic nitrogens is 2. The minimum Gasteiger partial charge on any atom is -0.403 e. The standard InChI is InChI=1S/C23H17F3N4O4S/c1-30(18-5-3-2-4-6-18)35(32,33)19-13-9-15(10-14-19)20(31)27-22-29-28-21(34-22)16-7-11-17(12-8-16)23(24,25)26/h2-14H,1H3,(H,27,29,31). The minimum atomic E-state index is -4.47. The summed E-state index contributed by atoms with van der Waals surface area (Å²) in [6.07, 6.45) is -4.47. The van der Waals surface area contributed by atoms with Crippen molar-refractivity contribution in [2.45, 2.75) is 11.1 Å². The Kier molecular flexibility index (Phi) is 6.31. The summed E-state index contributed by atoms with van der Waals surface area (Å²) in [5.74, 6) is -0.729. The van der Waals surface area contributed by atoms with E-state index in [-0.39, 0.29) is 27.9 Å². The van der Waals surface area contributed by atoms with Crippen LogP contribution in [0.5, 0.6) is 0 Å². The van der Waals surface area contributed by atoms with Crippen molar-refractivity contribution in [3.8, 4) is 11.5 Å². The van der Waals surface area contributed by atoms with Gasteiger partial charge in [0, 0.05) is 18.2 Å². The fraction of sp³-hybridized carbons (Fsp3) is 0.0870. The van der Waals surface area contributed by atoms with E-state index < -0.39 is 27.7 Å². The Hall–Kier alpha value is -4.19. The van der Waals surface area contributed by atoms with Gasteiger partial charge in [-0.3, -0.25) is 14.4 Å². The molecule has 4 aromatic rings. The van der Waals surface area contributed by atoms with Gasteiger partial charge in [0.1, 0.15) is 0 Å². The van der Waals surface area contributed by atoms with Gasteiger partial charge in [0.15, 0.2) is 0 Å². The number of carbonyl (C=O) groups is 1. The predicted molar refractivity (Wildman–Crippen MR) is 121 cm³/mol. The second-order valence-corrected chi connectivity index (χ2v) is 9.24. The lowest BCUT2D eigenvalue weighted by atomic mass is 10.1. The molecule has 1 N–H and O–H groups in total. The molecule has 35 heavy (non-hydrogen) atoms. The number of nitrogens with one attached hydrogen (secondary N) is 1. The van der Waals surface area contributed by atoms with Gasteiger partial charge in [0.2, 0.25) is 5.89 Å². The summed E-state index contributed by atoms with van der Waals surface area (Å²) in [7, 11) is -2.42. The fourth-order valence-corrected chi connectivity index (χ4v) is 4.27. The number of para-hydroxylation sites is 1. The molecular formula is C23H17F3N4O4S. The van der Waals surface area contributed by atoms with E-state index in [0.717, 1.165) is 16.4 Å². The molecule has 1 heterocycles. The van der Waals surface area contributed by atoms with Gasteiger partial charge < -0.3 is 4.42 Å². The van der Waals surface area contributed by atoms with E-state index in [9.17, 15) is 26.4 Å². The third kappa shape index (κ3) is 5.17. The van der Waals surface area contributed by atoms with Gasteiger partial charge in [-0.2, -0.15) is 13.2 Å². The van der Waals surface area contributed by atoms with Crippen LogP contribution in [0.25, 0.3) is 11.5 Å². The van der Waals surface area contributed by atoms with Gasteiger partial charge in [0.25, 0.3) is 15.9 Å². The quantitative estimate of drug-likeness (QED) is 0.405. The molecule has 0 saturated carbocycles. The van der Waals surface area contributed by atoms with Crippen molar-refractivity contribution >= 4 is 27.6 Å². The Labute approximate surface area is 198 Å². The lowest BCUT2D eigenvalue weighted by Gasteiger charge is -2.19. The number of nitrogens with zero attached hydrogens (tertiary/aromatic N) is 3. The molecule has 1 aromatic heterocycles. The molecule has 0 aliphatic heterocycles. The van der Waals surface area contributed by atoms with Crippen molar-refractivity contribution in [1.82, 2.24) is 10.2 Å². The average molecular weight is 502 g/mol. The maximum absolute atomic E-state index is 12.8. The highest BCUT2D eigenvalue weighted by molar-refractivity contribution is 7.92. The van der Waals surface area contributed by atoms with Gasteiger partial charge in [-0.25, -0.2) is 8.42 Å². The maximum Gasteiger partial charge on any atom is 0.416 e. The van der Waals surface area contributed by atoms with Crippen molar-refractivity contribution in [2.75, 3.05) is 16.7 Å². The van der Waals surface area contributed by atoms with Crippen molar-refractivity contribution in [1.29, 1.82) is 0 Å². The summed E-state index contributed by atoms with van der Waals surface area (Å²) in [5.41, 5.74) is 0.0213. The zero-order chi connectivity index (χ0) is 25.2. The van der Waals surface area contributed by atoms with E-state index in [4.69, 9.17) is 4.42 Å². The Morgan fingerprint density at radius 3 is 2.14 bits per heavy atom. The first-order valence-electron chi connectivity index (χ1n) is 10.0. The van der Waals surface area contributed by atoms with Crippen LogP contribution < -0.4 is 9.62 Å². The molecule has 180 valence electrons. The molecule has 0 aliphatic rings. The monoisotopic (exact) mass is 502 g/mol. The van der Waals surface area contributed by atoms with Gasteiger partial charge in [-0.1, -0.05) is 23.3 Å². The van der Waals surface area contributed by atoms with Crippen molar-refractivity contribution in [3.05, 3.63) is 90.0 Å². The number of carbonyl (C=O) groups excluding carboxylic acids is 1. The highest BCUT2D eigenvalue weighted by atomic mass is 32.2. The Morgan fingerprint density at radius 2 is 1.54 bits per heavy atom. The molecule has 1 amide bonds. The number of hydrogen-bond donors (Lipinski definition) is 1. The lowest BCUT2D eigenvalue weighted by molar-refractivity contribution is -0.137. The largest absolute Gasteiger partial charge is 0.416 e. The number of rotatable bonds is 6. The van der Waals surface area contributed by atoms with Crippen LogP contribution in [0, 0.1) is 0 Å². The number of anilines is 2. The third-order valence-electron chi connectivity index (χ3n) is 5.00. The molecule has 0 aliphatic carbocycles. The van der Waals surface area contributed by atoms with Crippen LogP contribution in [0.3, 0.4) is 0 Å². The van der Waals surface area contributed by atoms with E-state index >= 15 is 0 Å². The molecule has 8 nitrogen and oxygen atoms in total. The van der Waals surface area contributed by atoms with Crippen LogP contribution in [-0.2, 0) is 16.2 Å². The second kappa shape index (κ2) is 9.22. The van der Waals surface area contributed by atoms with E-state index in [0.29, 0.717) is 5.69 Å². The predicted octanol–water partition coefficient (Wildman–Crippen LogP) is 4.83. The van der Waals surface area contributed by atoms with Crippen molar-refractivity contribution in [3.63, 3.8) is 0 Å². The maximum atomic E-state index is 12.8. The number of alkyl halides is 3. The molecule has 0 saturated heterocycles. The summed E-state index contributed by atoms with van der Waals surface area (Å²) in [6, 6.07) is 17.6. The van der Waals surface area contributed by atoms with Crippen molar-refractivity contribution < 1.29 is 30.8 Å². The highest BCUT2D eigenvalue weighted by Gasteiger charge is 2.30. The summed E-state index contributed by atoms with van der Waals surface area (Å²) >= 11 is 0. The van der Waals surface area contributed by atoms with Crippen LogP contribution in [0.15, 0.2) is 88.2 Å². The van der Waals surface area contributed by atoms with E-state index in [1.807, 2.05) is 0 Å². The summed E-state index contributed by atoms with van der Waals surface area (Å²) < 4.78 is 70.2. The van der Waals surface area contributed by atoms with Crippen LogP contribution in [0.1, 0.15) is 15.9 Å². The summed E-state index contributed by atoms with van der Waals surface area (Å²) in [5, 5.41) is 9.76. The highest BCUT2D eigenvalue weighted by Crippen LogP contribution is 2.31. The first-order valence-corrected chi connectivity index (χ1v) is 11.5. The average Bonchev–Trinajstić information content (AvgIpc) is 3.32. The smallest absolute Gasteiger partial charge is 0.403 e.